The molecule has 11 nitrogen and oxygen atoms in total. The third-order valence-electron chi connectivity index (χ3n) is 9.60. The minimum absolute atomic E-state index is 0.0401. The summed E-state index contributed by atoms with van der Waals surface area (Å²) in [4.78, 5) is 74.4. The first kappa shape index (κ1) is 37.7. The molecule has 0 aliphatic carbocycles. The number of carbonyl (C=O) groups excluding carboxylic acids is 5. The Morgan fingerprint density at radius 3 is 1.98 bits per heavy atom. The first-order valence-corrected chi connectivity index (χ1v) is 16.8. The summed E-state index contributed by atoms with van der Waals surface area (Å²) in [6, 6.07) is -3.21. The number of rotatable bonds is 13. The molecule has 44 heavy (non-hydrogen) atoms. The van der Waals surface area contributed by atoms with Gasteiger partial charge in [0.2, 0.25) is 17.7 Å². The Morgan fingerprint density at radius 2 is 1.50 bits per heavy atom. The maximum Gasteiger partial charge on any atom is 0.424 e. The van der Waals surface area contributed by atoms with Crippen molar-refractivity contribution >= 4 is 29.7 Å². The summed E-state index contributed by atoms with van der Waals surface area (Å²) in [5.74, 6) is -1.48. The van der Waals surface area contributed by atoms with Gasteiger partial charge >= 0.3 is 11.9 Å². The van der Waals surface area contributed by atoms with Gasteiger partial charge in [-0.2, -0.15) is 4.48 Å². The van der Waals surface area contributed by atoms with Crippen LogP contribution in [0, 0.1) is 17.8 Å². The fourth-order valence-electron chi connectivity index (χ4n) is 7.18. The summed E-state index contributed by atoms with van der Waals surface area (Å²) in [6.45, 7) is 16.8. The molecule has 2 aliphatic rings. The predicted molar refractivity (Wildman–Crippen MR) is 172 cm³/mol. The maximum atomic E-state index is 14.3. The average molecular weight is 622 g/mol. The van der Waals surface area contributed by atoms with Crippen molar-refractivity contribution in [3.05, 3.63) is 0 Å². The van der Waals surface area contributed by atoms with Crippen molar-refractivity contribution in [2.45, 2.75) is 124 Å². The van der Waals surface area contributed by atoms with Gasteiger partial charge in [0.05, 0.1) is 12.6 Å². The SMILES string of the molecule is CCCCNC(=O)[N+]1(C(=O)[C@@H]2CCCN2C(=O)[C@H](C(C)C)N(C)C(=O)[C@@H](NC(=O)[C@H](C(C)C)N(C)C)C(C)C)CCC[C@H]1C. The Hall–Kier alpha value is -2.53. The van der Waals surface area contributed by atoms with E-state index in [0.717, 1.165) is 25.7 Å². The standard InChI is InChI=1S/C33H60N6O5/c1-12-13-18-34-33(44)39(20-15-16-24(39)8)32(43)25-17-14-19-38(25)31(42)28(23(6)7)37(11)30(41)26(21(2)3)35-29(40)27(22(4)5)36(9)10/h21-28H,12-20H2,1-11H3,(H-,34,35,40,44)/p+1/t24-,25+,26+,27+,28+,39?/m1/s1. The fraction of sp³-hybridized carbons (Fsp3) is 0.848. The van der Waals surface area contributed by atoms with Crippen molar-refractivity contribution in [3.8, 4) is 0 Å². The molecule has 252 valence electrons. The molecule has 0 aromatic carbocycles. The second-order valence-corrected chi connectivity index (χ2v) is 14.2. The molecule has 2 N–H and O–H groups in total. The number of quaternary nitrogens is 1. The first-order chi connectivity index (χ1) is 20.5. The van der Waals surface area contributed by atoms with Gasteiger partial charge in [-0.1, -0.05) is 54.9 Å². The van der Waals surface area contributed by atoms with E-state index in [-0.39, 0.29) is 57.9 Å². The molecule has 0 saturated carbocycles. The van der Waals surface area contributed by atoms with Crippen molar-refractivity contribution in [1.82, 2.24) is 25.3 Å². The summed E-state index contributed by atoms with van der Waals surface area (Å²) >= 11 is 0. The van der Waals surface area contributed by atoms with Crippen molar-refractivity contribution in [3.63, 3.8) is 0 Å². The molecule has 6 amide bonds. The monoisotopic (exact) mass is 621 g/mol. The third-order valence-corrected chi connectivity index (χ3v) is 9.60. The zero-order valence-electron chi connectivity index (χ0n) is 29.3. The minimum atomic E-state index is -0.827. The number of hydrogen-bond acceptors (Lipinski definition) is 6. The predicted octanol–water partition coefficient (Wildman–Crippen LogP) is 3.22. The van der Waals surface area contributed by atoms with Crippen LogP contribution in [0.3, 0.4) is 0 Å². The molecule has 2 heterocycles. The van der Waals surface area contributed by atoms with Crippen LogP contribution in [0.25, 0.3) is 0 Å². The number of unbranched alkanes of at least 4 members (excludes halogenated alkanes) is 1. The van der Waals surface area contributed by atoms with Gasteiger partial charge in [0.1, 0.15) is 24.2 Å². The van der Waals surface area contributed by atoms with Gasteiger partial charge in [-0.3, -0.25) is 19.3 Å². The largest absolute Gasteiger partial charge is 0.424 e. The second kappa shape index (κ2) is 16.2. The molecule has 11 heteroatoms. The lowest BCUT2D eigenvalue weighted by atomic mass is 9.96. The molecule has 2 rings (SSSR count). The van der Waals surface area contributed by atoms with Crippen LogP contribution in [0.1, 0.15) is 93.9 Å². The van der Waals surface area contributed by atoms with Crippen molar-refractivity contribution in [2.24, 2.45) is 17.8 Å². The van der Waals surface area contributed by atoms with E-state index in [1.165, 1.54) is 4.90 Å². The van der Waals surface area contributed by atoms with Crippen LogP contribution >= 0.6 is 0 Å². The van der Waals surface area contributed by atoms with Gasteiger partial charge < -0.3 is 20.4 Å². The topological polar surface area (TPSA) is 119 Å². The fourth-order valence-corrected chi connectivity index (χ4v) is 7.18. The van der Waals surface area contributed by atoms with Crippen LogP contribution in [0.4, 0.5) is 4.79 Å². The summed E-state index contributed by atoms with van der Waals surface area (Å²) in [5.41, 5.74) is 0. The molecular formula is C33H61N6O5+. The van der Waals surface area contributed by atoms with Crippen LogP contribution in [-0.2, 0) is 19.2 Å². The zero-order valence-corrected chi connectivity index (χ0v) is 29.3. The van der Waals surface area contributed by atoms with Crippen LogP contribution in [0.15, 0.2) is 0 Å². The van der Waals surface area contributed by atoms with Crippen molar-refractivity contribution in [1.29, 1.82) is 0 Å². The molecular weight excluding hydrogens is 560 g/mol. The van der Waals surface area contributed by atoms with E-state index in [1.807, 2.05) is 67.5 Å². The van der Waals surface area contributed by atoms with Gasteiger partial charge in [-0.15, -0.1) is 0 Å². The Morgan fingerprint density at radius 1 is 0.886 bits per heavy atom. The number of amides is 6. The highest BCUT2D eigenvalue weighted by molar-refractivity contribution is 5.96. The lowest BCUT2D eigenvalue weighted by Crippen LogP contribution is -2.67. The number of imide groups is 1. The third kappa shape index (κ3) is 8.00. The van der Waals surface area contributed by atoms with E-state index >= 15 is 0 Å². The van der Waals surface area contributed by atoms with Gasteiger partial charge in [-0.25, -0.2) is 9.59 Å². The van der Waals surface area contributed by atoms with E-state index < -0.39 is 24.2 Å². The highest BCUT2D eigenvalue weighted by atomic mass is 16.2. The van der Waals surface area contributed by atoms with Gasteiger partial charge in [0, 0.05) is 33.0 Å². The first-order valence-electron chi connectivity index (χ1n) is 16.8. The molecule has 6 atom stereocenters. The van der Waals surface area contributed by atoms with Crippen LogP contribution in [0.2, 0.25) is 0 Å². The van der Waals surface area contributed by atoms with Crippen molar-refractivity contribution < 1.29 is 28.5 Å². The van der Waals surface area contributed by atoms with Gasteiger partial charge in [-0.05, 0) is 58.0 Å². The zero-order chi connectivity index (χ0) is 33.5. The average Bonchev–Trinajstić information content (AvgIpc) is 3.57. The molecule has 0 radical (unpaired) electrons. The Kier molecular flexibility index (Phi) is 13.8. The molecule has 2 fully saturated rings. The van der Waals surface area contributed by atoms with Crippen LogP contribution in [-0.4, -0.2) is 120 Å². The number of carbonyl (C=O) groups is 5. The lowest BCUT2D eigenvalue weighted by molar-refractivity contribution is -0.786. The Labute approximate surface area is 266 Å². The highest BCUT2D eigenvalue weighted by Gasteiger charge is 2.57. The highest BCUT2D eigenvalue weighted by Crippen LogP contribution is 2.33. The van der Waals surface area contributed by atoms with Crippen molar-refractivity contribution in [2.75, 3.05) is 40.8 Å². The Balaban J connectivity index is 2.35. The maximum absolute atomic E-state index is 14.3. The van der Waals surface area contributed by atoms with Gasteiger partial charge in [0.25, 0.3) is 0 Å². The number of urea groups is 1. The second-order valence-electron chi connectivity index (χ2n) is 14.2. The minimum Gasteiger partial charge on any atom is -0.343 e. The quantitative estimate of drug-likeness (QED) is 0.241. The van der Waals surface area contributed by atoms with Crippen LogP contribution < -0.4 is 10.6 Å². The summed E-state index contributed by atoms with van der Waals surface area (Å²) in [7, 11) is 5.30. The molecule has 0 aromatic heterocycles. The molecule has 0 spiro atoms. The van der Waals surface area contributed by atoms with E-state index in [1.54, 1.807) is 11.9 Å². The smallest absolute Gasteiger partial charge is 0.343 e. The number of nitrogens with one attached hydrogen (secondary N) is 2. The molecule has 1 unspecified atom stereocenters. The van der Waals surface area contributed by atoms with Gasteiger partial charge in [0.15, 0.2) is 0 Å². The lowest BCUT2D eigenvalue weighted by Gasteiger charge is -2.40. The summed E-state index contributed by atoms with van der Waals surface area (Å²) in [5, 5.41) is 5.97. The number of nitrogens with zero attached hydrogens (tertiary/aromatic N) is 4. The van der Waals surface area contributed by atoms with E-state index in [0.29, 0.717) is 32.5 Å². The molecule has 2 aliphatic heterocycles. The molecule has 2 saturated heterocycles. The Bertz CT molecular complexity index is 1020. The number of likely N-dealkylation sites (tertiary alicyclic amines) is 2. The van der Waals surface area contributed by atoms with E-state index in [9.17, 15) is 24.0 Å². The normalized spacial score (nSPS) is 24.1. The van der Waals surface area contributed by atoms with Crippen LogP contribution in [0.5, 0.6) is 0 Å². The number of likely N-dealkylation sites (N-methyl/N-ethyl adjacent to an activating group) is 2. The summed E-state index contributed by atoms with van der Waals surface area (Å²) in [6.07, 6.45) is 4.47. The molecule has 0 aromatic rings. The van der Waals surface area contributed by atoms with E-state index in [4.69, 9.17) is 0 Å². The summed E-state index contributed by atoms with van der Waals surface area (Å²) < 4.78 is -0.274. The van der Waals surface area contributed by atoms with E-state index in [2.05, 4.69) is 17.6 Å². The number of hydrogen-bond donors (Lipinski definition) is 2. The molecule has 0 bridgehead atoms.